The Balaban J connectivity index is 4.52. The molecule has 0 radical (unpaired) electrons. The number of allylic oxidation sites excluding steroid dienone is 22. The second kappa shape index (κ2) is 63.1. The highest BCUT2D eigenvalue weighted by molar-refractivity contribution is 5.71. The van der Waals surface area contributed by atoms with E-state index in [1.54, 1.807) is 0 Å². The molecule has 0 fully saturated rings. The highest BCUT2D eigenvalue weighted by Crippen LogP contribution is 2.14. The molecule has 0 aliphatic heterocycles. The van der Waals surface area contributed by atoms with Crippen LogP contribution >= 0.6 is 0 Å². The van der Waals surface area contributed by atoms with Gasteiger partial charge < -0.3 is 14.2 Å². The molecule has 0 saturated carbocycles. The van der Waals surface area contributed by atoms with Gasteiger partial charge in [-0.25, -0.2) is 0 Å². The topological polar surface area (TPSA) is 78.9 Å². The first-order valence-corrected chi connectivity index (χ1v) is 31.2. The van der Waals surface area contributed by atoms with Crippen molar-refractivity contribution in [1.82, 2.24) is 0 Å². The molecular formula is C70H114O6. The fraction of sp³-hybridized carbons (Fsp3) is 0.643. The number of ether oxygens (including phenoxy) is 3. The SMILES string of the molecule is CC/C=C\C/C=C\C/C=C\C/C=C\C/C=C\C/C=C\CCCCC(=O)OCC(COC(=O)CCCCCCCCC/C=C\CCCCCCCCC)OC(=O)CCCCCCCC/C=C\C/C=C\C/C=C\C/C=C\CC. The summed E-state index contributed by atoms with van der Waals surface area (Å²) in [6, 6.07) is 0. The molecule has 6 nitrogen and oxygen atoms in total. The quantitative estimate of drug-likeness (QED) is 0.0261. The molecule has 6 heteroatoms. The molecule has 0 heterocycles. The van der Waals surface area contributed by atoms with Crippen LogP contribution in [0, 0.1) is 0 Å². The third kappa shape index (κ3) is 60.4. The van der Waals surface area contributed by atoms with Gasteiger partial charge in [0.25, 0.3) is 0 Å². The number of rotatable bonds is 55. The average molecular weight is 1050 g/mol. The standard InChI is InChI=1S/C70H114O6/c1-4-7-10-13-16-19-22-25-28-31-34-35-37-39-42-45-48-51-54-57-60-63-69(72)75-66-67(65-74-68(71)62-59-56-53-50-47-44-41-38-33-30-27-24-21-18-15-12-9-6-3)76-70(73)64-61-58-55-52-49-46-43-40-36-32-29-26-23-20-17-14-11-8-5-2/h7-8,10-11,16-17,19-20,25-26,28-30,33-36,39-40,42,48,51,67H,4-6,9,12-15,18,21-24,27,31-32,37-38,41,43-47,49-50,52-66H2,1-3H3/b10-7-,11-8-,19-16-,20-17-,28-25-,29-26-,33-30-,35-34-,40-36-,42-39-,51-48-. The van der Waals surface area contributed by atoms with Crippen LogP contribution in [0.25, 0.3) is 0 Å². The van der Waals surface area contributed by atoms with Gasteiger partial charge in [0.2, 0.25) is 0 Å². The van der Waals surface area contributed by atoms with Crippen LogP contribution in [-0.2, 0) is 28.6 Å². The van der Waals surface area contributed by atoms with E-state index >= 15 is 0 Å². The van der Waals surface area contributed by atoms with Gasteiger partial charge in [-0.15, -0.1) is 0 Å². The Kier molecular flexibility index (Phi) is 59.4. The van der Waals surface area contributed by atoms with Gasteiger partial charge in [0.05, 0.1) is 0 Å². The second-order valence-corrected chi connectivity index (χ2v) is 20.2. The Hall–Kier alpha value is -4.45. The predicted octanol–water partition coefficient (Wildman–Crippen LogP) is 21.4. The van der Waals surface area contributed by atoms with Crippen LogP contribution in [0.4, 0.5) is 0 Å². The first-order valence-electron chi connectivity index (χ1n) is 31.2. The number of esters is 3. The van der Waals surface area contributed by atoms with Gasteiger partial charge in [-0.1, -0.05) is 251 Å². The molecule has 0 aliphatic carbocycles. The van der Waals surface area contributed by atoms with E-state index in [-0.39, 0.29) is 31.1 Å². The van der Waals surface area contributed by atoms with Gasteiger partial charge in [0, 0.05) is 19.3 Å². The van der Waals surface area contributed by atoms with Crippen LogP contribution in [0.1, 0.15) is 271 Å². The minimum atomic E-state index is -0.812. The molecule has 0 bridgehead atoms. The van der Waals surface area contributed by atoms with Crippen molar-refractivity contribution in [1.29, 1.82) is 0 Å². The molecule has 0 rings (SSSR count). The fourth-order valence-corrected chi connectivity index (χ4v) is 8.25. The number of hydrogen-bond acceptors (Lipinski definition) is 6. The van der Waals surface area contributed by atoms with Crippen LogP contribution in [0.2, 0.25) is 0 Å². The number of unbranched alkanes of at least 4 members (excludes halogenated alkanes) is 22. The molecule has 430 valence electrons. The van der Waals surface area contributed by atoms with Crippen LogP contribution in [0.5, 0.6) is 0 Å². The zero-order valence-corrected chi connectivity index (χ0v) is 49.2. The van der Waals surface area contributed by atoms with Crippen molar-refractivity contribution in [2.45, 2.75) is 277 Å². The fourth-order valence-electron chi connectivity index (χ4n) is 8.25. The summed E-state index contributed by atoms with van der Waals surface area (Å²) in [5.74, 6) is -0.966. The van der Waals surface area contributed by atoms with Gasteiger partial charge >= 0.3 is 17.9 Å². The highest BCUT2D eigenvalue weighted by Gasteiger charge is 2.19. The maximum atomic E-state index is 12.9. The first-order chi connectivity index (χ1) is 37.5. The molecule has 0 spiro atoms. The summed E-state index contributed by atoms with van der Waals surface area (Å²) in [7, 11) is 0. The largest absolute Gasteiger partial charge is 0.462 e. The Morgan fingerprint density at radius 3 is 0.842 bits per heavy atom. The summed E-state index contributed by atoms with van der Waals surface area (Å²) >= 11 is 0. The molecule has 76 heavy (non-hydrogen) atoms. The van der Waals surface area contributed by atoms with Crippen LogP contribution in [0.3, 0.4) is 0 Å². The second-order valence-electron chi connectivity index (χ2n) is 20.2. The Labute approximate surface area is 468 Å². The van der Waals surface area contributed by atoms with Crippen molar-refractivity contribution in [3.8, 4) is 0 Å². The molecule has 0 aliphatic rings. The zero-order valence-electron chi connectivity index (χ0n) is 49.2. The van der Waals surface area contributed by atoms with Gasteiger partial charge in [-0.3, -0.25) is 14.4 Å². The third-order valence-electron chi connectivity index (χ3n) is 12.9. The van der Waals surface area contributed by atoms with Crippen molar-refractivity contribution in [3.05, 3.63) is 134 Å². The van der Waals surface area contributed by atoms with Crippen LogP contribution in [-0.4, -0.2) is 37.2 Å². The normalized spacial score (nSPS) is 13.0. The Morgan fingerprint density at radius 1 is 0.276 bits per heavy atom. The maximum Gasteiger partial charge on any atom is 0.306 e. The van der Waals surface area contributed by atoms with Crippen molar-refractivity contribution >= 4 is 17.9 Å². The summed E-state index contributed by atoms with van der Waals surface area (Å²) in [4.78, 5) is 38.3. The molecule has 0 aromatic rings. The van der Waals surface area contributed by atoms with E-state index in [1.807, 2.05) is 0 Å². The Bertz CT molecular complexity index is 1630. The van der Waals surface area contributed by atoms with E-state index < -0.39 is 6.10 Å². The molecule has 0 aromatic heterocycles. The number of carbonyl (C=O) groups is 3. The van der Waals surface area contributed by atoms with E-state index in [0.29, 0.717) is 25.7 Å². The zero-order chi connectivity index (χ0) is 55.0. The van der Waals surface area contributed by atoms with Gasteiger partial charge in [0.15, 0.2) is 6.10 Å². The van der Waals surface area contributed by atoms with Crippen molar-refractivity contribution < 1.29 is 28.6 Å². The predicted molar refractivity (Wildman–Crippen MR) is 329 cm³/mol. The van der Waals surface area contributed by atoms with Crippen molar-refractivity contribution in [2.24, 2.45) is 0 Å². The summed E-state index contributed by atoms with van der Waals surface area (Å²) in [6.45, 7) is 6.37. The molecule has 0 saturated heterocycles. The molecule has 1 atom stereocenters. The first kappa shape index (κ1) is 71.5. The van der Waals surface area contributed by atoms with E-state index in [0.717, 1.165) is 128 Å². The summed E-state index contributed by atoms with van der Waals surface area (Å²) in [5.41, 5.74) is 0. The van der Waals surface area contributed by atoms with Crippen molar-refractivity contribution in [2.75, 3.05) is 13.2 Å². The lowest BCUT2D eigenvalue weighted by Gasteiger charge is -2.18. The minimum Gasteiger partial charge on any atom is -0.462 e. The van der Waals surface area contributed by atoms with Gasteiger partial charge in [0.1, 0.15) is 13.2 Å². The van der Waals surface area contributed by atoms with E-state index in [1.165, 1.54) is 96.3 Å². The van der Waals surface area contributed by atoms with Crippen LogP contribution < -0.4 is 0 Å². The lowest BCUT2D eigenvalue weighted by atomic mass is 10.1. The minimum absolute atomic E-state index is 0.104. The molecule has 1 unspecified atom stereocenters. The molecule has 0 N–H and O–H groups in total. The maximum absolute atomic E-state index is 12.9. The third-order valence-corrected chi connectivity index (χ3v) is 12.9. The van der Waals surface area contributed by atoms with E-state index in [4.69, 9.17) is 14.2 Å². The summed E-state index contributed by atoms with van der Waals surface area (Å²) in [5, 5.41) is 0. The lowest BCUT2D eigenvalue weighted by Crippen LogP contribution is -2.30. The highest BCUT2D eigenvalue weighted by atomic mass is 16.6. The van der Waals surface area contributed by atoms with Crippen LogP contribution in [0.15, 0.2) is 134 Å². The molecule has 0 amide bonds. The van der Waals surface area contributed by atoms with Crippen molar-refractivity contribution in [3.63, 3.8) is 0 Å². The lowest BCUT2D eigenvalue weighted by molar-refractivity contribution is -0.167. The smallest absolute Gasteiger partial charge is 0.306 e. The summed E-state index contributed by atoms with van der Waals surface area (Å²) < 4.78 is 16.9. The van der Waals surface area contributed by atoms with Gasteiger partial charge in [-0.05, 0) is 135 Å². The summed E-state index contributed by atoms with van der Waals surface area (Å²) in [6.07, 6.45) is 88.7. The number of hydrogen-bond donors (Lipinski definition) is 0. The van der Waals surface area contributed by atoms with E-state index in [2.05, 4.69) is 154 Å². The van der Waals surface area contributed by atoms with E-state index in [9.17, 15) is 14.4 Å². The molecule has 0 aromatic carbocycles. The molecular weight excluding hydrogens is 937 g/mol. The number of carbonyl (C=O) groups excluding carboxylic acids is 3. The van der Waals surface area contributed by atoms with Gasteiger partial charge in [-0.2, -0.15) is 0 Å². The Morgan fingerprint density at radius 2 is 0.513 bits per heavy atom. The average Bonchev–Trinajstić information content (AvgIpc) is 3.42. The monoisotopic (exact) mass is 1050 g/mol.